The molecule has 0 bridgehead atoms. The molecule has 25 heavy (non-hydrogen) atoms. The van der Waals surface area contributed by atoms with Crippen LogP contribution in [0.2, 0.25) is 0 Å². The monoisotopic (exact) mass is 360 g/mol. The number of aliphatic hydroxyl groups is 1. The number of ketones is 1. The molecule has 3 aromatic rings. The van der Waals surface area contributed by atoms with Gasteiger partial charge in [-0.1, -0.05) is 11.8 Å². The number of nitrogens with one attached hydrogen (secondary N) is 1. The maximum atomic E-state index is 12.3. The average molecular weight is 360 g/mol. The molecule has 0 fully saturated rings. The van der Waals surface area contributed by atoms with E-state index in [1.54, 1.807) is 31.4 Å². The third-order valence-corrected chi connectivity index (χ3v) is 4.42. The second-order valence-electron chi connectivity index (χ2n) is 5.14. The first-order valence-corrected chi connectivity index (χ1v) is 8.47. The van der Waals surface area contributed by atoms with E-state index in [-0.39, 0.29) is 30.2 Å². The van der Waals surface area contributed by atoms with Crippen LogP contribution in [0, 0.1) is 0 Å². The van der Waals surface area contributed by atoms with Gasteiger partial charge in [-0.25, -0.2) is 9.67 Å². The first-order valence-electron chi connectivity index (χ1n) is 7.49. The van der Waals surface area contributed by atoms with Crippen molar-refractivity contribution in [3.63, 3.8) is 0 Å². The van der Waals surface area contributed by atoms with Gasteiger partial charge in [0.1, 0.15) is 11.1 Å². The molecule has 2 aromatic heterocycles. The van der Waals surface area contributed by atoms with Gasteiger partial charge in [-0.05, 0) is 24.3 Å². The van der Waals surface area contributed by atoms with E-state index in [1.165, 1.54) is 10.9 Å². The first-order chi connectivity index (χ1) is 12.1. The Morgan fingerprint density at radius 2 is 2.12 bits per heavy atom. The number of methoxy groups -OCH3 is 1. The van der Waals surface area contributed by atoms with E-state index in [0.29, 0.717) is 27.5 Å². The number of hydrogen-bond donors (Lipinski definition) is 2. The van der Waals surface area contributed by atoms with Crippen LogP contribution in [-0.2, 0) is 6.54 Å². The Morgan fingerprint density at radius 1 is 1.36 bits per heavy atom. The number of aromatic amines is 1. The van der Waals surface area contributed by atoms with Crippen LogP contribution >= 0.6 is 11.8 Å². The molecule has 0 unspecified atom stereocenters. The first kappa shape index (κ1) is 17.2. The van der Waals surface area contributed by atoms with Gasteiger partial charge < -0.3 is 14.8 Å². The summed E-state index contributed by atoms with van der Waals surface area (Å²) in [7, 11) is 1.56. The Kier molecular flexibility index (Phi) is 5.15. The fourth-order valence-electron chi connectivity index (χ4n) is 2.27. The van der Waals surface area contributed by atoms with Gasteiger partial charge in [-0.2, -0.15) is 5.10 Å². The molecule has 0 aliphatic heterocycles. The smallest absolute Gasteiger partial charge is 0.262 e. The normalized spacial score (nSPS) is 11.0. The van der Waals surface area contributed by atoms with Crippen LogP contribution in [0.3, 0.4) is 0 Å². The van der Waals surface area contributed by atoms with Crippen molar-refractivity contribution >= 4 is 28.6 Å². The van der Waals surface area contributed by atoms with Crippen molar-refractivity contribution in [1.29, 1.82) is 0 Å². The third kappa shape index (κ3) is 3.72. The van der Waals surface area contributed by atoms with Crippen molar-refractivity contribution < 1.29 is 14.6 Å². The summed E-state index contributed by atoms with van der Waals surface area (Å²) in [5.74, 6) is 0.728. The number of rotatable bonds is 7. The molecule has 0 saturated heterocycles. The molecule has 0 radical (unpaired) electrons. The zero-order valence-electron chi connectivity index (χ0n) is 13.4. The number of aliphatic hydroxyl groups excluding tert-OH is 1. The lowest BCUT2D eigenvalue weighted by Crippen LogP contribution is -2.12. The Balaban J connectivity index is 1.76. The zero-order chi connectivity index (χ0) is 17.8. The van der Waals surface area contributed by atoms with Crippen molar-refractivity contribution in [3.05, 3.63) is 46.4 Å². The minimum Gasteiger partial charge on any atom is -0.497 e. The van der Waals surface area contributed by atoms with E-state index in [9.17, 15) is 9.59 Å². The van der Waals surface area contributed by atoms with Crippen molar-refractivity contribution in [2.75, 3.05) is 19.5 Å². The number of thioether (sulfide) groups is 1. The minimum atomic E-state index is -0.325. The topological polar surface area (TPSA) is 110 Å². The number of carbonyl (C=O) groups is 1. The van der Waals surface area contributed by atoms with E-state index >= 15 is 0 Å². The van der Waals surface area contributed by atoms with E-state index in [1.807, 2.05) is 0 Å². The molecule has 8 nitrogen and oxygen atoms in total. The van der Waals surface area contributed by atoms with Crippen LogP contribution < -0.4 is 10.3 Å². The van der Waals surface area contributed by atoms with Crippen LogP contribution in [0.15, 0.2) is 40.4 Å². The van der Waals surface area contributed by atoms with Gasteiger partial charge in [0.15, 0.2) is 16.6 Å². The van der Waals surface area contributed by atoms with Crippen molar-refractivity contribution in [2.24, 2.45) is 0 Å². The Morgan fingerprint density at radius 3 is 2.80 bits per heavy atom. The van der Waals surface area contributed by atoms with Gasteiger partial charge in [-0.15, -0.1) is 0 Å². The summed E-state index contributed by atoms with van der Waals surface area (Å²) in [6.07, 6.45) is 1.41. The highest BCUT2D eigenvalue weighted by molar-refractivity contribution is 7.99. The fourth-order valence-corrected chi connectivity index (χ4v) is 3.02. The Hall–Kier alpha value is -2.65. The summed E-state index contributed by atoms with van der Waals surface area (Å²) in [6, 6.07) is 6.82. The van der Waals surface area contributed by atoms with Crippen LogP contribution in [0.4, 0.5) is 0 Å². The number of H-pyrrole nitrogens is 1. The predicted molar refractivity (Wildman–Crippen MR) is 93.3 cm³/mol. The molecule has 130 valence electrons. The summed E-state index contributed by atoms with van der Waals surface area (Å²) < 4.78 is 6.52. The van der Waals surface area contributed by atoms with Crippen molar-refractivity contribution in [1.82, 2.24) is 19.7 Å². The van der Waals surface area contributed by atoms with Gasteiger partial charge in [0.2, 0.25) is 0 Å². The molecule has 3 rings (SSSR count). The predicted octanol–water partition coefficient (Wildman–Crippen LogP) is 1.10. The maximum absolute atomic E-state index is 12.3. The minimum absolute atomic E-state index is 0.0840. The summed E-state index contributed by atoms with van der Waals surface area (Å²) in [5, 5.41) is 13.8. The lowest BCUT2D eigenvalue weighted by Gasteiger charge is -2.04. The number of hydrogen-bond acceptors (Lipinski definition) is 7. The van der Waals surface area contributed by atoms with Gasteiger partial charge in [0.05, 0.1) is 32.2 Å². The molecule has 0 atom stereocenters. The molecule has 9 heteroatoms. The fraction of sp³-hybridized carbons (Fsp3) is 0.250. The molecule has 1 aromatic carbocycles. The quantitative estimate of drug-likeness (QED) is 0.369. The second-order valence-corrected chi connectivity index (χ2v) is 6.10. The van der Waals surface area contributed by atoms with Crippen LogP contribution in [0.5, 0.6) is 5.75 Å². The zero-order valence-corrected chi connectivity index (χ0v) is 14.2. The maximum Gasteiger partial charge on any atom is 0.262 e. The van der Waals surface area contributed by atoms with Gasteiger partial charge in [-0.3, -0.25) is 9.59 Å². The summed E-state index contributed by atoms with van der Waals surface area (Å²) >= 11 is 1.14. The highest BCUT2D eigenvalue weighted by Crippen LogP contribution is 2.18. The molecular formula is C16H16N4O4S. The van der Waals surface area contributed by atoms with Gasteiger partial charge in [0, 0.05) is 5.56 Å². The average Bonchev–Trinajstić information content (AvgIpc) is 3.03. The third-order valence-electron chi connectivity index (χ3n) is 3.55. The summed E-state index contributed by atoms with van der Waals surface area (Å²) in [4.78, 5) is 31.3. The highest BCUT2D eigenvalue weighted by atomic mass is 32.2. The molecular weight excluding hydrogens is 344 g/mol. The Labute approximate surface area is 146 Å². The number of aromatic nitrogens is 4. The lowest BCUT2D eigenvalue weighted by molar-refractivity contribution is 0.102. The summed E-state index contributed by atoms with van der Waals surface area (Å²) in [6.45, 7) is 0.137. The van der Waals surface area contributed by atoms with E-state index in [4.69, 9.17) is 9.84 Å². The number of Topliss-reactive ketones (excluding diaryl/α,β-unsaturated/α-hetero) is 1. The standard InChI is InChI=1S/C16H16N4O4S/c1-24-11-4-2-10(3-5-11)13(22)9-25-16-18-14-12(15(23)19-16)8-17-20(14)6-7-21/h2-5,8,21H,6-7,9H2,1H3,(H,18,19,23). The molecule has 0 aliphatic rings. The number of carbonyl (C=O) groups excluding carboxylic acids is 1. The van der Waals surface area contributed by atoms with Crippen molar-refractivity contribution in [3.8, 4) is 5.75 Å². The molecule has 0 spiro atoms. The van der Waals surface area contributed by atoms with Crippen LogP contribution in [0.1, 0.15) is 10.4 Å². The SMILES string of the molecule is COc1ccc(C(=O)CSc2nc3c(cnn3CCO)c(=O)[nH]2)cc1. The molecule has 0 aliphatic carbocycles. The highest BCUT2D eigenvalue weighted by Gasteiger charge is 2.12. The molecule has 2 N–H and O–H groups in total. The largest absolute Gasteiger partial charge is 0.497 e. The molecule has 0 saturated carbocycles. The number of nitrogens with zero attached hydrogens (tertiary/aromatic N) is 3. The molecule has 0 amide bonds. The number of benzene rings is 1. The lowest BCUT2D eigenvalue weighted by atomic mass is 10.1. The van der Waals surface area contributed by atoms with E-state index in [0.717, 1.165) is 11.8 Å². The Bertz CT molecular complexity index is 949. The van der Waals surface area contributed by atoms with E-state index in [2.05, 4.69) is 15.1 Å². The van der Waals surface area contributed by atoms with Crippen LogP contribution in [0.25, 0.3) is 11.0 Å². The van der Waals surface area contributed by atoms with Crippen LogP contribution in [-0.4, -0.2) is 50.1 Å². The van der Waals surface area contributed by atoms with Gasteiger partial charge in [0.25, 0.3) is 5.56 Å². The van der Waals surface area contributed by atoms with E-state index < -0.39 is 0 Å². The van der Waals surface area contributed by atoms with Crippen molar-refractivity contribution in [2.45, 2.75) is 11.7 Å². The second kappa shape index (κ2) is 7.49. The summed E-state index contributed by atoms with van der Waals surface area (Å²) in [5.41, 5.74) is 0.618. The number of ether oxygens (including phenoxy) is 1. The number of fused-ring (bicyclic) bond motifs is 1. The molecule has 2 heterocycles. The van der Waals surface area contributed by atoms with Gasteiger partial charge >= 0.3 is 0 Å².